The van der Waals surface area contributed by atoms with Gasteiger partial charge in [0.15, 0.2) is 0 Å². The molecule has 2 atom stereocenters. The van der Waals surface area contributed by atoms with Gasteiger partial charge in [-0.3, -0.25) is 9.69 Å². The molecule has 1 amide bonds. The molecule has 2 aliphatic heterocycles. The van der Waals surface area contributed by atoms with Crippen molar-refractivity contribution in [3.63, 3.8) is 0 Å². The minimum atomic E-state index is -0.528. The highest BCUT2D eigenvalue weighted by atomic mass is 16.6. The summed E-state index contributed by atoms with van der Waals surface area (Å²) in [4.78, 5) is 28.8. The first-order valence-electron chi connectivity index (χ1n) is 9.34. The molecule has 0 aliphatic carbocycles. The Hall–Kier alpha value is -2.77. The number of hydrogen-bond donors (Lipinski definition) is 1. The van der Waals surface area contributed by atoms with Crippen molar-refractivity contribution in [3.05, 3.63) is 39.8 Å². The van der Waals surface area contributed by atoms with E-state index < -0.39 is 23.8 Å². The smallest absolute Gasteiger partial charge is 0.414 e. The third-order valence-corrected chi connectivity index (χ3v) is 4.62. The lowest BCUT2D eigenvalue weighted by Crippen LogP contribution is -2.42. The predicted octanol–water partition coefficient (Wildman–Crippen LogP) is 2.72. The quantitative estimate of drug-likeness (QED) is 0.369. The van der Waals surface area contributed by atoms with E-state index in [1.807, 2.05) is 39.0 Å². The van der Waals surface area contributed by atoms with E-state index in [4.69, 9.17) is 15.0 Å². The average molecular weight is 387 g/mol. The summed E-state index contributed by atoms with van der Waals surface area (Å²) in [6.45, 7) is 6.66. The molecule has 1 fully saturated rings. The molecule has 1 saturated heterocycles. The van der Waals surface area contributed by atoms with E-state index in [0.717, 1.165) is 23.2 Å². The number of carbonyl (C=O) groups is 2. The Balaban J connectivity index is 1.73. The lowest BCUT2D eigenvalue weighted by molar-refractivity contribution is -0.157. The van der Waals surface area contributed by atoms with Gasteiger partial charge in [0.2, 0.25) is 0 Å². The van der Waals surface area contributed by atoms with Crippen LogP contribution in [0.25, 0.3) is 10.4 Å². The third kappa shape index (κ3) is 4.74. The molecular formula is C19H25N5O4. The highest BCUT2D eigenvalue weighted by Gasteiger charge is 2.33. The fourth-order valence-electron chi connectivity index (χ4n) is 3.38. The summed E-state index contributed by atoms with van der Waals surface area (Å²) in [6, 6.07) is 5.37. The van der Waals surface area contributed by atoms with E-state index in [-0.39, 0.29) is 12.5 Å². The number of azide groups is 1. The Morgan fingerprint density at radius 1 is 1.43 bits per heavy atom. The van der Waals surface area contributed by atoms with Crippen LogP contribution in [-0.2, 0) is 27.1 Å². The Morgan fingerprint density at radius 3 is 2.93 bits per heavy atom. The summed E-state index contributed by atoms with van der Waals surface area (Å²) in [5.41, 5.74) is 10.8. The topological polar surface area (TPSA) is 117 Å². The SMILES string of the molecule is CC(C)(C)OC(=O)C1Cc2ccc(N3CC(CN=[N+]=[N-])OC3=O)cc2CCN1. The zero-order valence-electron chi connectivity index (χ0n) is 16.3. The number of fused-ring (bicyclic) bond motifs is 1. The van der Waals surface area contributed by atoms with E-state index in [9.17, 15) is 9.59 Å². The highest BCUT2D eigenvalue weighted by molar-refractivity contribution is 5.90. The second-order valence-electron chi connectivity index (χ2n) is 7.98. The van der Waals surface area contributed by atoms with Crippen LogP contribution in [0, 0.1) is 0 Å². The van der Waals surface area contributed by atoms with E-state index in [1.54, 1.807) is 4.90 Å². The predicted molar refractivity (Wildman–Crippen MR) is 103 cm³/mol. The van der Waals surface area contributed by atoms with Crippen LogP contribution in [0.4, 0.5) is 10.5 Å². The maximum Gasteiger partial charge on any atom is 0.414 e. The van der Waals surface area contributed by atoms with Crippen LogP contribution in [0.1, 0.15) is 31.9 Å². The number of nitrogens with one attached hydrogen (secondary N) is 1. The Labute approximate surface area is 163 Å². The van der Waals surface area contributed by atoms with Gasteiger partial charge in [0.05, 0.1) is 13.1 Å². The van der Waals surface area contributed by atoms with Gasteiger partial charge in [0.25, 0.3) is 0 Å². The van der Waals surface area contributed by atoms with Crippen molar-refractivity contribution >= 4 is 17.7 Å². The molecule has 2 unspecified atom stereocenters. The molecule has 0 saturated carbocycles. The summed E-state index contributed by atoms with van der Waals surface area (Å²) in [6.07, 6.45) is 0.388. The number of ether oxygens (including phenoxy) is 2. The molecule has 0 spiro atoms. The van der Waals surface area contributed by atoms with Gasteiger partial charge in [0, 0.05) is 10.6 Å². The maximum atomic E-state index is 12.4. The molecule has 9 nitrogen and oxygen atoms in total. The number of carbonyl (C=O) groups excluding carboxylic acids is 2. The van der Waals surface area contributed by atoms with E-state index in [0.29, 0.717) is 19.5 Å². The average Bonchev–Trinajstić information content (AvgIpc) is 2.85. The molecule has 3 rings (SSSR count). The normalized spacial score (nSPS) is 22.0. The minimum Gasteiger partial charge on any atom is -0.459 e. The summed E-state index contributed by atoms with van der Waals surface area (Å²) in [7, 11) is 0. The van der Waals surface area contributed by atoms with Gasteiger partial charge in [-0.2, -0.15) is 0 Å². The van der Waals surface area contributed by atoms with Crippen molar-refractivity contribution < 1.29 is 19.1 Å². The second kappa shape index (κ2) is 8.08. The first-order chi connectivity index (χ1) is 13.3. The lowest BCUT2D eigenvalue weighted by Gasteiger charge is -2.24. The molecule has 9 heteroatoms. The highest BCUT2D eigenvalue weighted by Crippen LogP contribution is 2.27. The van der Waals surface area contributed by atoms with Crippen LogP contribution in [0.3, 0.4) is 0 Å². The monoisotopic (exact) mass is 387 g/mol. The van der Waals surface area contributed by atoms with Crippen molar-refractivity contribution in [2.45, 2.75) is 51.4 Å². The first-order valence-corrected chi connectivity index (χ1v) is 9.34. The van der Waals surface area contributed by atoms with Gasteiger partial charge < -0.3 is 14.8 Å². The summed E-state index contributed by atoms with van der Waals surface area (Å²) in [5.74, 6) is -0.256. The molecule has 2 aliphatic rings. The largest absolute Gasteiger partial charge is 0.459 e. The van der Waals surface area contributed by atoms with Crippen molar-refractivity contribution in [2.24, 2.45) is 5.11 Å². The zero-order chi connectivity index (χ0) is 20.3. The van der Waals surface area contributed by atoms with Crippen LogP contribution < -0.4 is 10.2 Å². The third-order valence-electron chi connectivity index (χ3n) is 4.62. The number of rotatable bonds is 4. The molecule has 28 heavy (non-hydrogen) atoms. The summed E-state index contributed by atoms with van der Waals surface area (Å²) >= 11 is 0. The van der Waals surface area contributed by atoms with E-state index >= 15 is 0 Å². The van der Waals surface area contributed by atoms with Gasteiger partial charge >= 0.3 is 12.1 Å². The van der Waals surface area contributed by atoms with Crippen LogP contribution in [0.15, 0.2) is 23.3 Å². The maximum absolute atomic E-state index is 12.4. The Bertz CT molecular complexity index is 813. The molecule has 2 heterocycles. The van der Waals surface area contributed by atoms with Crippen LogP contribution >= 0.6 is 0 Å². The lowest BCUT2D eigenvalue weighted by atomic mass is 9.99. The van der Waals surface area contributed by atoms with Crippen LogP contribution in [-0.4, -0.2) is 49.4 Å². The molecule has 0 aromatic heterocycles. The fraction of sp³-hybridized carbons (Fsp3) is 0.579. The summed E-state index contributed by atoms with van der Waals surface area (Å²) < 4.78 is 10.7. The van der Waals surface area contributed by atoms with Crippen molar-refractivity contribution in [2.75, 3.05) is 24.5 Å². The molecule has 150 valence electrons. The molecule has 1 aromatic carbocycles. The molecule has 0 bridgehead atoms. The van der Waals surface area contributed by atoms with E-state index in [2.05, 4.69) is 15.3 Å². The Kier molecular flexibility index (Phi) is 5.76. The van der Waals surface area contributed by atoms with E-state index in [1.165, 1.54) is 0 Å². The van der Waals surface area contributed by atoms with Gasteiger partial charge in [0.1, 0.15) is 17.7 Å². The number of cyclic esters (lactones) is 1. The molecule has 1 N–H and O–H groups in total. The van der Waals surface area contributed by atoms with Crippen molar-refractivity contribution in [1.82, 2.24) is 5.32 Å². The summed E-state index contributed by atoms with van der Waals surface area (Å²) in [5, 5.41) is 6.73. The first kappa shape index (κ1) is 20.0. The number of benzene rings is 1. The van der Waals surface area contributed by atoms with Crippen LogP contribution in [0.5, 0.6) is 0 Å². The Morgan fingerprint density at radius 2 is 2.21 bits per heavy atom. The molecule has 0 radical (unpaired) electrons. The zero-order valence-corrected chi connectivity index (χ0v) is 16.3. The van der Waals surface area contributed by atoms with Crippen molar-refractivity contribution in [3.8, 4) is 0 Å². The standard InChI is InChI=1S/C19H25N5O4/c1-19(2,3)28-17(25)16-9-12-4-5-14(8-13(12)6-7-21-16)24-11-15(10-22-23-20)27-18(24)26/h4-5,8,15-16,21H,6-7,9-11H2,1-3H3. The number of hydrogen-bond acceptors (Lipinski definition) is 6. The van der Waals surface area contributed by atoms with Gasteiger partial charge in [-0.05, 0) is 68.9 Å². The second-order valence-corrected chi connectivity index (χ2v) is 7.98. The number of nitrogens with zero attached hydrogens (tertiary/aromatic N) is 4. The molecular weight excluding hydrogens is 362 g/mol. The van der Waals surface area contributed by atoms with Gasteiger partial charge in [-0.1, -0.05) is 11.2 Å². The fourth-order valence-corrected chi connectivity index (χ4v) is 3.38. The van der Waals surface area contributed by atoms with Crippen LogP contribution in [0.2, 0.25) is 0 Å². The number of anilines is 1. The minimum absolute atomic E-state index is 0.116. The number of amides is 1. The van der Waals surface area contributed by atoms with Crippen molar-refractivity contribution in [1.29, 1.82) is 0 Å². The number of esters is 1. The molecule has 1 aromatic rings. The van der Waals surface area contributed by atoms with Gasteiger partial charge in [-0.25, -0.2) is 4.79 Å². The van der Waals surface area contributed by atoms with Gasteiger partial charge in [-0.15, -0.1) is 0 Å².